The molecule has 21 heavy (non-hydrogen) atoms. The van der Waals surface area contributed by atoms with E-state index in [2.05, 4.69) is 5.32 Å². The van der Waals surface area contributed by atoms with Crippen molar-refractivity contribution in [2.45, 2.75) is 13.3 Å². The van der Waals surface area contributed by atoms with Crippen molar-refractivity contribution in [2.24, 2.45) is 11.7 Å². The Labute approximate surface area is 124 Å². The van der Waals surface area contributed by atoms with E-state index < -0.39 is 5.82 Å². The van der Waals surface area contributed by atoms with Gasteiger partial charge in [0.2, 0.25) is 5.91 Å². The minimum atomic E-state index is -0.432. The van der Waals surface area contributed by atoms with Crippen LogP contribution in [0.3, 0.4) is 0 Å². The Balaban J connectivity index is 2.10. The normalized spacial score (nSPS) is 12.0. The zero-order chi connectivity index (χ0) is 15.2. The number of benzene rings is 2. The molecule has 110 valence electrons. The molecule has 1 unspecified atom stereocenters. The highest BCUT2D eigenvalue weighted by molar-refractivity contribution is 5.93. The molecule has 0 aliphatic rings. The lowest BCUT2D eigenvalue weighted by Gasteiger charge is -2.16. The molecule has 2 rings (SSSR count). The van der Waals surface area contributed by atoms with Gasteiger partial charge in [-0.15, -0.1) is 0 Å². The maximum Gasteiger partial charge on any atom is 0.229 e. The van der Waals surface area contributed by atoms with E-state index in [1.165, 1.54) is 6.07 Å². The van der Waals surface area contributed by atoms with E-state index >= 15 is 0 Å². The highest BCUT2D eigenvalue weighted by Gasteiger charge is 2.19. The van der Waals surface area contributed by atoms with Gasteiger partial charge < -0.3 is 11.1 Å². The molecule has 0 saturated heterocycles. The number of aryl methyl sites for hydroxylation is 1. The fourth-order valence-electron chi connectivity index (χ4n) is 2.20. The first-order valence-corrected chi connectivity index (χ1v) is 6.91. The van der Waals surface area contributed by atoms with Crippen LogP contribution in [0.4, 0.5) is 10.1 Å². The van der Waals surface area contributed by atoms with Gasteiger partial charge in [-0.3, -0.25) is 4.79 Å². The van der Waals surface area contributed by atoms with Gasteiger partial charge in [-0.05, 0) is 30.5 Å². The summed E-state index contributed by atoms with van der Waals surface area (Å²) in [7, 11) is 0. The molecule has 0 spiro atoms. The zero-order valence-corrected chi connectivity index (χ0v) is 12.0. The predicted octanol–water partition coefficient (Wildman–Crippen LogP) is 2.89. The maximum atomic E-state index is 13.8. The fraction of sp³-hybridized carbons (Fsp3) is 0.235. The molecule has 1 amide bonds. The first-order valence-electron chi connectivity index (χ1n) is 6.91. The van der Waals surface area contributed by atoms with Crippen molar-refractivity contribution < 1.29 is 9.18 Å². The van der Waals surface area contributed by atoms with Crippen LogP contribution in [-0.4, -0.2) is 12.5 Å². The van der Waals surface area contributed by atoms with E-state index in [0.717, 1.165) is 5.56 Å². The average Bonchev–Trinajstić information content (AvgIpc) is 2.49. The third kappa shape index (κ3) is 3.89. The topological polar surface area (TPSA) is 55.1 Å². The van der Waals surface area contributed by atoms with Crippen molar-refractivity contribution >= 4 is 11.6 Å². The quantitative estimate of drug-likeness (QED) is 0.888. The average molecular weight is 286 g/mol. The van der Waals surface area contributed by atoms with Crippen LogP contribution >= 0.6 is 0 Å². The molecule has 2 aromatic rings. The van der Waals surface area contributed by atoms with Crippen molar-refractivity contribution in [1.82, 2.24) is 0 Å². The van der Waals surface area contributed by atoms with Gasteiger partial charge >= 0.3 is 0 Å². The lowest BCUT2D eigenvalue weighted by Crippen LogP contribution is -2.31. The van der Waals surface area contributed by atoms with Crippen LogP contribution in [-0.2, 0) is 11.2 Å². The lowest BCUT2D eigenvalue weighted by molar-refractivity contribution is -0.119. The minimum absolute atomic E-state index is 0.216. The summed E-state index contributed by atoms with van der Waals surface area (Å²) in [5, 5.41) is 2.66. The molecule has 0 aromatic heterocycles. The van der Waals surface area contributed by atoms with Crippen molar-refractivity contribution in [3.63, 3.8) is 0 Å². The number of nitrogens with one attached hydrogen (secondary N) is 1. The van der Waals surface area contributed by atoms with Crippen LogP contribution in [0.2, 0.25) is 0 Å². The van der Waals surface area contributed by atoms with E-state index in [1.54, 1.807) is 19.1 Å². The van der Waals surface area contributed by atoms with Gasteiger partial charge in [-0.25, -0.2) is 4.39 Å². The maximum absolute atomic E-state index is 13.8. The number of hydrogen-bond donors (Lipinski definition) is 2. The Morgan fingerprint density at radius 3 is 2.52 bits per heavy atom. The first-order chi connectivity index (χ1) is 10.1. The van der Waals surface area contributed by atoms with Gasteiger partial charge in [-0.2, -0.15) is 0 Å². The Morgan fingerprint density at radius 2 is 1.90 bits per heavy atom. The first kappa shape index (κ1) is 15.2. The monoisotopic (exact) mass is 286 g/mol. The minimum Gasteiger partial charge on any atom is -0.330 e. The molecule has 0 aliphatic carbocycles. The molecular weight excluding hydrogens is 267 g/mol. The van der Waals surface area contributed by atoms with Gasteiger partial charge in [0.1, 0.15) is 5.82 Å². The molecule has 3 N–H and O–H groups in total. The van der Waals surface area contributed by atoms with Crippen LogP contribution in [0.5, 0.6) is 0 Å². The molecule has 3 nitrogen and oxygen atoms in total. The highest BCUT2D eigenvalue weighted by Crippen LogP contribution is 2.20. The number of hydrogen-bond acceptors (Lipinski definition) is 2. The van der Waals surface area contributed by atoms with Gasteiger partial charge in [-0.1, -0.05) is 42.5 Å². The number of nitrogens with two attached hydrogens (primary N) is 1. The number of para-hydroxylation sites is 1. The van der Waals surface area contributed by atoms with Crippen LogP contribution < -0.4 is 11.1 Å². The number of halogens is 1. The number of carbonyl (C=O) groups excluding carboxylic acids is 1. The molecule has 0 heterocycles. The summed E-state index contributed by atoms with van der Waals surface area (Å²) in [4.78, 5) is 12.3. The second kappa shape index (κ2) is 6.99. The third-order valence-electron chi connectivity index (χ3n) is 3.45. The van der Waals surface area contributed by atoms with Crippen LogP contribution in [0.1, 0.15) is 11.1 Å². The standard InChI is InChI=1S/C17H19FN2O/c1-12-6-5-9-15(18)16(12)20-17(21)14(11-19)10-13-7-3-2-4-8-13/h2-9,14H,10-11,19H2,1H3,(H,20,21). The van der Waals surface area contributed by atoms with Gasteiger partial charge in [0.25, 0.3) is 0 Å². The largest absolute Gasteiger partial charge is 0.330 e. The molecule has 0 aliphatic heterocycles. The summed E-state index contributed by atoms with van der Waals surface area (Å²) < 4.78 is 13.8. The number of carbonyl (C=O) groups is 1. The van der Waals surface area contributed by atoms with E-state index in [0.29, 0.717) is 12.0 Å². The van der Waals surface area contributed by atoms with Crippen LogP contribution in [0.15, 0.2) is 48.5 Å². The predicted molar refractivity (Wildman–Crippen MR) is 82.5 cm³/mol. The third-order valence-corrected chi connectivity index (χ3v) is 3.45. The van der Waals surface area contributed by atoms with Gasteiger partial charge in [0.05, 0.1) is 11.6 Å². The van der Waals surface area contributed by atoms with Crippen LogP contribution in [0, 0.1) is 18.7 Å². The van der Waals surface area contributed by atoms with E-state index in [9.17, 15) is 9.18 Å². The molecule has 2 aromatic carbocycles. The SMILES string of the molecule is Cc1cccc(F)c1NC(=O)C(CN)Cc1ccccc1. The molecule has 0 radical (unpaired) electrons. The second-order valence-corrected chi connectivity index (χ2v) is 5.04. The molecule has 4 heteroatoms. The molecular formula is C17H19FN2O. The van der Waals surface area contributed by atoms with Crippen molar-refractivity contribution in [3.8, 4) is 0 Å². The Hall–Kier alpha value is -2.20. The molecule has 1 atom stereocenters. The Morgan fingerprint density at radius 1 is 1.19 bits per heavy atom. The zero-order valence-electron chi connectivity index (χ0n) is 12.0. The summed E-state index contributed by atoms with van der Waals surface area (Å²) in [6.07, 6.45) is 0.538. The van der Waals surface area contributed by atoms with Crippen molar-refractivity contribution in [3.05, 3.63) is 65.5 Å². The van der Waals surface area contributed by atoms with Gasteiger partial charge in [0, 0.05) is 6.54 Å². The number of rotatable bonds is 5. The highest BCUT2D eigenvalue weighted by atomic mass is 19.1. The Bertz CT molecular complexity index is 593. The van der Waals surface area contributed by atoms with E-state index in [1.807, 2.05) is 30.3 Å². The van der Waals surface area contributed by atoms with Crippen molar-refractivity contribution in [1.29, 1.82) is 0 Å². The van der Waals surface area contributed by atoms with E-state index in [4.69, 9.17) is 5.73 Å². The molecule has 0 saturated carbocycles. The van der Waals surface area contributed by atoms with Crippen LogP contribution in [0.25, 0.3) is 0 Å². The molecule has 0 fully saturated rings. The smallest absolute Gasteiger partial charge is 0.229 e. The lowest BCUT2D eigenvalue weighted by atomic mass is 9.98. The number of anilines is 1. The summed E-state index contributed by atoms with van der Waals surface area (Å²) in [5.74, 6) is -1.07. The second-order valence-electron chi connectivity index (χ2n) is 5.04. The number of amides is 1. The fourth-order valence-corrected chi connectivity index (χ4v) is 2.20. The Kier molecular flexibility index (Phi) is 5.06. The summed E-state index contributed by atoms with van der Waals surface area (Å²) in [5.41, 5.74) is 7.66. The van der Waals surface area contributed by atoms with Crippen molar-refractivity contribution in [2.75, 3.05) is 11.9 Å². The van der Waals surface area contributed by atoms with Gasteiger partial charge in [0.15, 0.2) is 0 Å². The summed E-state index contributed by atoms with van der Waals surface area (Å²) in [6.45, 7) is 1.97. The molecule has 0 bridgehead atoms. The summed E-state index contributed by atoms with van der Waals surface area (Å²) in [6, 6.07) is 14.4. The van der Waals surface area contributed by atoms with E-state index in [-0.39, 0.29) is 24.1 Å². The summed E-state index contributed by atoms with van der Waals surface area (Å²) >= 11 is 0.